The summed E-state index contributed by atoms with van der Waals surface area (Å²) in [5.74, 6) is -0.278. The van der Waals surface area contributed by atoms with Crippen molar-refractivity contribution in [1.82, 2.24) is 15.6 Å². The maximum Gasteiger partial charge on any atom is 0.321 e. The Labute approximate surface area is 170 Å². The number of allylic oxidation sites excluding steroid dienone is 1. The summed E-state index contributed by atoms with van der Waals surface area (Å²) in [6, 6.07) is 7.69. The van der Waals surface area contributed by atoms with Gasteiger partial charge in [-0.15, -0.1) is 11.3 Å². The molecule has 6 nitrogen and oxygen atoms in total. The van der Waals surface area contributed by atoms with Crippen LogP contribution in [0.3, 0.4) is 0 Å². The van der Waals surface area contributed by atoms with Gasteiger partial charge in [0, 0.05) is 6.54 Å². The van der Waals surface area contributed by atoms with Crippen molar-refractivity contribution >= 4 is 33.5 Å². The normalized spacial score (nSPS) is 16.3. The fourth-order valence-corrected chi connectivity index (χ4v) is 4.49. The first kappa shape index (κ1) is 20.5. The average Bonchev–Trinajstić information content (AvgIpc) is 3.12. The Morgan fingerprint density at radius 2 is 2.11 bits per heavy atom. The van der Waals surface area contributed by atoms with E-state index in [1.54, 1.807) is 11.3 Å². The molecule has 28 heavy (non-hydrogen) atoms. The summed E-state index contributed by atoms with van der Waals surface area (Å²) >= 11 is 1.65. The number of urea groups is 1. The molecule has 1 aliphatic rings. The number of carbonyl (C=O) groups excluding carboxylic acids is 2. The average molecular weight is 402 g/mol. The lowest BCUT2D eigenvalue weighted by atomic mass is 9.97. The van der Waals surface area contributed by atoms with E-state index in [-0.39, 0.29) is 18.5 Å². The molecule has 1 aliphatic carbocycles. The highest BCUT2D eigenvalue weighted by Gasteiger charge is 2.22. The number of carbonyl (C=O) groups is 2. The smallest absolute Gasteiger partial charge is 0.321 e. The van der Waals surface area contributed by atoms with Crippen molar-refractivity contribution in [2.24, 2.45) is 0 Å². The molecular formula is C21H29N4O2S+. The number of nitrogens with zero attached hydrogens (tertiary/aromatic N) is 1. The molecule has 1 unspecified atom stereocenters. The summed E-state index contributed by atoms with van der Waals surface area (Å²) in [4.78, 5) is 29.8. The third kappa shape index (κ3) is 5.62. The van der Waals surface area contributed by atoms with Gasteiger partial charge in [-0.3, -0.25) is 10.1 Å². The molecule has 0 saturated carbocycles. The molecule has 1 heterocycles. The van der Waals surface area contributed by atoms with Crippen LogP contribution < -0.4 is 15.5 Å². The molecule has 0 radical (unpaired) electrons. The zero-order chi connectivity index (χ0) is 19.9. The number of benzene rings is 1. The van der Waals surface area contributed by atoms with Gasteiger partial charge in [0.15, 0.2) is 11.6 Å². The van der Waals surface area contributed by atoms with Gasteiger partial charge >= 0.3 is 6.03 Å². The lowest BCUT2D eigenvalue weighted by molar-refractivity contribution is -0.902. The van der Waals surface area contributed by atoms with Crippen LogP contribution in [0.25, 0.3) is 10.2 Å². The molecule has 1 aromatic carbocycles. The molecule has 150 valence electrons. The second-order valence-electron chi connectivity index (χ2n) is 7.43. The maximum atomic E-state index is 12.2. The number of aromatic nitrogens is 1. The molecule has 0 bridgehead atoms. The van der Waals surface area contributed by atoms with Crippen LogP contribution in [0.15, 0.2) is 35.9 Å². The van der Waals surface area contributed by atoms with Gasteiger partial charge in [0.25, 0.3) is 5.91 Å². The van der Waals surface area contributed by atoms with Gasteiger partial charge in [0.1, 0.15) is 6.04 Å². The van der Waals surface area contributed by atoms with E-state index < -0.39 is 6.03 Å². The first-order valence-corrected chi connectivity index (χ1v) is 10.8. The highest BCUT2D eigenvalue weighted by atomic mass is 32.1. The number of rotatable bonds is 7. The number of hydrogen-bond acceptors (Lipinski definition) is 4. The summed E-state index contributed by atoms with van der Waals surface area (Å²) in [5, 5.41) is 6.21. The van der Waals surface area contributed by atoms with E-state index in [4.69, 9.17) is 0 Å². The van der Waals surface area contributed by atoms with Crippen LogP contribution in [0.5, 0.6) is 0 Å². The van der Waals surface area contributed by atoms with E-state index in [0.29, 0.717) is 6.54 Å². The Kier molecular flexibility index (Phi) is 7.17. The van der Waals surface area contributed by atoms with E-state index >= 15 is 0 Å². The molecule has 0 aliphatic heterocycles. The summed E-state index contributed by atoms with van der Waals surface area (Å²) < 4.78 is 1.15. The zero-order valence-electron chi connectivity index (χ0n) is 16.6. The molecular weight excluding hydrogens is 372 g/mol. The molecule has 2 atom stereocenters. The topological polar surface area (TPSA) is 75.5 Å². The number of thiazole rings is 1. The lowest BCUT2D eigenvalue weighted by Gasteiger charge is -2.19. The minimum atomic E-state index is -0.415. The zero-order valence-corrected chi connectivity index (χ0v) is 17.4. The first-order chi connectivity index (χ1) is 13.5. The number of para-hydroxylation sites is 1. The molecule has 3 amide bonds. The summed E-state index contributed by atoms with van der Waals surface area (Å²) in [5.41, 5.74) is 2.39. The van der Waals surface area contributed by atoms with Crippen LogP contribution in [0.4, 0.5) is 4.79 Å². The molecule has 3 N–H and O–H groups in total. The van der Waals surface area contributed by atoms with Crippen LogP contribution in [-0.2, 0) is 4.79 Å². The van der Waals surface area contributed by atoms with Gasteiger partial charge in [-0.25, -0.2) is 9.78 Å². The van der Waals surface area contributed by atoms with Crippen LogP contribution >= 0.6 is 11.3 Å². The highest BCUT2D eigenvalue weighted by Crippen LogP contribution is 2.24. The van der Waals surface area contributed by atoms with E-state index in [2.05, 4.69) is 34.7 Å². The second kappa shape index (κ2) is 9.80. The minimum absolute atomic E-state index is 0.0736. The van der Waals surface area contributed by atoms with Crippen LogP contribution in [0.2, 0.25) is 0 Å². The van der Waals surface area contributed by atoms with Gasteiger partial charge < -0.3 is 10.2 Å². The van der Waals surface area contributed by atoms with Gasteiger partial charge in [-0.1, -0.05) is 23.8 Å². The Hall–Kier alpha value is -2.25. The van der Waals surface area contributed by atoms with Crippen molar-refractivity contribution in [3.63, 3.8) is 0 Å². The Morgan fingerprint density at radius 1 is 1.29 bits per heavy atom. The quantitative estimate of drug-likeness (QED) is 0.624. The Morgan fingerprint density at radius 3 is 2.86 bits per heavy atom. The predicted molar refractivity (Wildman–Crippen MR) is 112 cm³/mol. The molecule has 1 aromatic heterocycles. The van der Waals surface area contributed by atoms with Crippen molar-refractivity contribution in [2.75, 3.05) is 20.1 Å². The largest absolute Gasteiger partial charge is 0.337 e. The molecule has 0 spiro atoms. The van der Waals surface area contributed by atoms with Crippen molar-refractivity contribution in [3.8, 4) is 0 Å². The van der Waals surface area contributed by atoms with Gasteiger partial charge in [-0.2, -0.15) is 0 Å². The number of quaternary nitrogens is 1. The van der Waals surface area contributed by atoms with Crippen molar-refractivity contribution in [1.29, 1.82) is 0 Å². The SMILES string of the molecule is C[C@H](c1nc2ccccc2s1)[NH+](C)CC(=O)NC(=O)NCCC1=CCCCC1. The number of fused-ring (bicyclic) bond motifs is 1. The second-order valence-corrected chi connectivity index (χ2v) is 8.49. The monoisotopic (exact) mass is 401 g/mol. The van der Waals surface area contributed by atoms with E-state index in [0.717, 1.165) is 39.4 Å². The minimum Gasteiger partial charge on any atom is -0.337 e. The number of amides is 3. The standard InChI is InChI=1S/C21H28N4O2S/c1-15(20-23-17-10-6-7-11-18(17)28-20)25(2)14-19(26)24-21(27)22-13-12-16-8-4-3-5-9-16/h6-8,10-11,15H,3-5,9,12-14H2,1-2H3,(H2,22,24,26,27)/p+1/t15-/m1/s1. The number of hydrogen-bond donors (Lipinski definition) is 3. The number of likely N-dealkylation sites (N-methyl/N-ethyl adjacent to an activating group) is 1. The molecule has 0 saturated heterocycles. The van der Waals surface area contributed by atoms with Gasteiger partial charge in [0.2, 0.25) is 0 Å². The van der Waals surface area contributed by atoms with Crippen LogP contribution in [0, 0.1) is 0 Å². The van der Waals surface area contributed by atoms with Crippen molar-refractivity contribution in [3.05, 3.63) is 40.9 Å². The van der Waals surface area contributed by atoms with Gasteiger partial charge in [-0.05, 0) is 51.2 Å². The molecule has 3 rings (SSSR count). The van der Waals surface area contributed by atoms with Crippen molar-refractivity contribution < 1.29 is 14.5 Å². The molecule has 2 aromatic rings. The third-order valence-corrected chi connectivity index (χ3v) is 6.45. The van der Waals surface area contributed by atoms with E-state index in [1.165, 1.54) is 18.4 Å². The fraction of sp³-hybridized carbons (Fsp3) is 0.476. The van der Waals surface area contributed by atoms with E-state index in [9.17, 15) is 9.59 Å². The summed E-state index contributed by atoms with van der Waals surface area (Å²) in [7, 11) is 1.95. The maximum absolute atomic E-state index is 12.2. The Bertz CT molecular complexity index is 828. The number of nitrogens with one attached hydrogen (secondary N) is 3. The van der Waals surface area contributed by atoms with E-state index in [1.807, 2.05) is 25.2 Å². The lowest BCUT2D eigenvalue weighted by Crippen LogP contribution is -3.10. The van der Waals surface area contributed by atoms with Crippen LogP contribution in [-0.4, -0.2) is 37.1 Å². The summed E-state index contributed by atoms with van der Waals surface area (Å²) in [6.45, 7) is 2.84. The van der Waals surface area contributed by atoms with Crippen molar-refractivity contribution in [2.45, 2.75) is 45.1 Å². The summed E-state index contributed by atoms with van der Waals surface area (Å²) in [6.07, 6.45) is 7.90. The third-order valence-electron chi connectivity index (χ3n) is 5.23. The Balaban J connectivity index is 1.42. The molecule has 7 heteroatoms. The van der Waals surface area contributed by atoms with Gasteiger partial charge in [0.05, 0.1) is 17.3 Å². The first-order valence-electron chi connectivity index (χ1n) is 9.96. The predicted octanol–water partition coefficient (Wildman–Crippen LogP) is 2.59. The molecule has 0 fully saturated rings. The fourth-order valence-electron chi connectivity index (χ4n) is 3.38. The number of imide groups is 1. The van der Waals surface area contributed by atoms with Crippen LogP contribution in [0.1, 0.15) is 50.1 Å². The highest BCUT2D eigenvalue weighted by molar-refractivity contribution is 7.18.